The predicted molar refractivity (Wildman–Crippen MR) is 256 cm³/mol. The Kier molecular flexibility index (Phi) is 7.31. The van der Waals surface area contributed by atoms with E-state index in [0.717, 1.165) is 45.3 Å². The molecule has 0 amide bonds. The van der Waals surface area contributed by atoms with Crippen molar-refractivity contribution in [3.63, 3.8) is 0 Å². The van der Waals surface area contributed by atoms with Gasteiger partial charge in [0, 0.05) is 27.8 Å². The van der Waals surface area contributed by atoms with E-state index >= 15 is 0 Å². The molecule has 1 aromatic heterocycles. The molecule has 0 spiro atoms. The molecule has 2 heterocycles. The number of rotatable bonds is 5. The van der Waals surface area contributed by atoms with Crippen LogP contribution in [0.5, 0.6) is 11.5 Å². The molecule has 0 N–H and O–H groups in total. The van der Waals surface area contributed by atoms with Gasteiger partial charge in [-0.3, -0.25) is 0 Å². The van der Waals surface area contributed by atoms with Crippen LogP contribution in [0.1, 0.15) is 0 Å². The molecular formula is C58H36N2O. The maximum Gasteiger partial charge on any atom is 0.152 e. The van der Waals surface area contributed by atoms with Gasteiger partial charge in [-0.05, 0) is 138 Å². The number of hydrogen-bond acceptors (Lipinski definition) is 2. The van der Waals surface area contributed by atoms with Gasteiger partial charge in [-0.2, -0.15) is 0 Å². The van der Waals surface area contributed by atoms with Gasteiger partial charge in [-0.1, -0.05) is 146 Å². The smallest absolute Gasteiger partial charge is 0.152 e. The number of hydrogen-bond donors (Lipinski definition) is 0. The quantitative estimate of drug-likeness (QED) is 0.162. The minimum Gasteiger partial charge on any atom is -0.453 e. The molecule has 1 aliphatic heterocycles. The van der Waals surface area contributed by atoms with Gasteiger partial charge in [0.15, 0.2) is 11.5 Å². The molecule has 0 radical (unpaired) electrons. The number of ether oxygens (including phenoxy) is 1. The van der Waals surface area contributed by atoms with Crippen LogP contribution in [-0.2, 0) is 0 Å². The average molecular weight is 777 g/mol. The fraction of sp³-hybridized carbons (Fsp3) is 0. The van der Waals surface area contributed by atoms with Crippen molar-refractivity contribution in [1.29, 1.82) is 0 Å². The Hall–Kier alpha value is -8.14. The molecule has 0 saturated carbocycles. The van der Waals surface area contributed by atoms with E-state index < -0.39 is 0 Å². The molecule has 61 heavy (non-hydrogen) atoms. The van der Waals surface area contributed by atoms with Crippen molar-refractivity contribution in [2.24, 2.45) is 0 Å². The van der Waals surface area contributed by atoms with Gasteiger partial charge in [-0.25, -0.2) is 0 Å². The lowest BCUT2D eigenvalue weighted by Crippen LogP contribution is -2.09. The zero-order valence-electron chi connectivity index (χ0n) is 33.1. The van der Waals surface area contributed by atoms with Gasteiger partial charge >= 0.3 is 0 Å². The van der Waals surface area contributed by atoms with E-state index in [2.05, 4.69) is 216 Å². The highest BCUT2D eigenvalue weighted by Gasteiger charge is 2.24. The first-order valence-corrected chi connectivity index (χ1v) is 20.9. The van der Waals surface area contributed by atoms with Gasteiger partial charge in [0.1, 0.15) is 0 Å². The Balaban J connectivity index is 0.928. The third-order valence-corrected chi connectivity index (χ3v) is 12.7. The van der Waals surface area contributed by atoms with Gasteiger partial charge in [0.05, 0.1) is 16.7 Å². The first kappa shape index (κ1) is 33.8. The zero-order valence-corrected chi connectivity index (χ0v) is 33.1. The van der Waals surface area contributed by atoms with Crippen LogP contribution in [0.15, 0.2) is 218 Å². The van der Waals surface area contributed by atoms with Gasteiger partial charge in [0.2, 0.25) is 0 Å². The lowest BCUT2D eigenvalue weighted by atomic mass is 9.93. The van der Waals surface area contributed by atoms with Crippen LogP contribution in [0, 0.1) is 0 Å². The standard InChI is InChI=1S/C58H36N2O/c1-3-12-46-38(10-1)20-21-42-34-45(31-32-48(42)46)59(44-29-24-39(25-30-44)52-36-41-11-2-4-13-47(41)49-14-5-6-15-50(49)52)43-27-22-37(23-28-43)40-26-33-54-53(35-40)51-16-9-19-57-58(51)60(54)55-17-7-8-18-56(55)61-57/h1-36H. The summed E-state index contributed by atoms with van der Waals surface area (Å²) in [4.78, 5) is 2.38. The summed E-state index contributed by atoms with van der Waals surface area (Å²) in [6, 6.07) is 79.4. The molecule has 12 aromatic rings. The number of aromatic nitrogens is 1. The highest BCUT2D eigenvalue weighted by atomic mass is 16.5. The molecule has 0 bridgehead atoms. The predicted octanol–water partition coefficient (Wildman–Crippen LogP) is 16.3. The van der Waals surface area contributed by atoms with Crippen molar-refractivity contribution < 1.29 is 4.74 Å². The molecule has 0 saturated heterocycles. The van der Waals surface area contributed by atoms with Crippen LogP contribution in [-0.4, -0.2) is 4.57 Å². The number of nitrogens with zero attached hydrogens (tertiary/aromatic N) is 2. The lowest BCUT2D eigenvalue weighted by Gasteiger charge is -2.26. The van der Waals surface area contributed by atoms with Crippen LogP contribution in [0.2, 0.25) is 0 Å². The number of benzene rings is 11. The van der Waals surface area contributed by atoms with Crippen molar-refractivity contribution in [3.8, 4) is 39.4 Å². The Morgan fingerprint density at radius 3 is 1.72 bits per heavy atom. The van der Waals surface area contributed by atoms with Crippen molar-refractivity contribution in [1.82, 2.24) is 4.57 Å². The van der Waals surface area contributed by atoms with Gasteiger partial charge in [-0.15, -0.1) is 0 Å². The fourth-order valence-electron chi connectivity index (χ4n) is 9.87. The second kappa shape index (κ2) is 13.2. The van der Waals surface area contributed by atoms with Crippen LogP contribution in [0.25, 0.3) is 92.8 Å². The highest BCUT2D eigenvalue weighted by Crippen LogP contribution is 2.46. The SMILES string of the molecule is c1ccc2c(c1)Oc1cccc3c4cc(-c5ccc(N(c6ccc(-c7cc8ccccc8c8ccccc78)cc6)c6ccc7c(ccc8ccccc87)c6)cc5)ccc4n-2c13. The second-order valence-electron chi connectivity index (χ2n) is 16.1. The molecule has 11 aromatic carbocycles. The highest BCUT2D eigenvalue weighted by molar-refractivity contribution is 6.15. The Morgan fingerprint density at radius 1 is 0.328 bits per heavy atom. The lowest BCUT2D eigenvalue weighted by molar-refractivity contribution is 0.476. The summed E-state index contributed by atoms with van der Waals surface area (Å²) >= 11 is 0. The van der Waals surface area contributed by atoms with Gasteiger partial charge < -0.3 is 14.2 Å². The van der Waals surface area contributed by atoms with E-state index in [4.69, 9.17) is 4.74 Å². The minimum absolute atomic E-state index is 0.876. The van der Waals surface area contributed by atoms with Crippen molar-refractivity contribution in [2.75, 3.05) is 4.90 Å². The van der Waals surface area contributed by atoms with E-state index in [0.29, 0.717) is 0 Å². The number of anilines is 3. The molecule has 13 rings (SSSR count). The first-order valence-electron chi connectivity index (χ1n) is 20.9. The van der Waals surface area contributed by atoms with E-state index in [-0.39, 0.29) is 0 Å². The second-order valence-corrected chi connectivity index (χ2v) is 16.1. The van der Waals surface area contributed by atoms with Crippen LogP contribution in [0.3, 0.4) is 0 Å². The molecule has 0 atom stereocenters. The van der Waals surface area contributed by atoms with E-state index in [1.807, 2.05) is 12.1 Å². The zero-order chi connectivity index (χ0) is 40.0. The van der Waals surface area contributed by atoms with Crippen molar-refractivity contribution >= 4 is 82.0 Å². The summed E-state index contributed by atoms with van der Waals surface area (Å²) in [5.41, 5.74) is 11.4. The first-order chi connectivity index (χ1) is 30.2. The summed E-state index contributed by atoms with van der Waals surface area (Å²) in [6.07, 6.45) is 0. The van der Waals surface area contributed by atoms with Crippen LogP contribution in [0.4, 0.5) is 17.1 Å². The number of para-hydroxylation sites is 3. The summed E-state index contributed by atoms with van der Waals surface area (Å²) in [7, 11) is 0. The summed E-state index contributed by atoms with van der Waals surface area (Å²) in [5, 5.41) is 12.5. The Labute approximate surface area is 352 Å². The van der Waals surface area contributed by atoms with E-state index in [1.54, 1.807) is 0 Å². The van der Waals surface area contributed by atoms with E-state index in [9.17, 15) is 0 Å². The molecular weight excluding hydrogens is 741 g/mol. The van der Waals surface area contributed by atoms with Crippen LogP contribution >= 0.6 is 0 Å². The topological polar surface area (TPSA) is 17.4 Å². The monoisotopic (exact) mass is 776 g/mol. The van der Waals surface area contributed by atoms with Gasteiger partial charge in [0.25, 0.3) is 0 Å². The third kappa shape index (κ3) is 5.24. The number of fused-ring (bicyclic) bond motifs is 11. The average Bonchev–Trinajstić information content (AvgIpc) is 3.67. The normalized spacial score (nSPS) is 12.1. The van der Waals surface area contributed by atoms with Crippen molar-refractivity contribution in [3.05, 3.63) is 218 Å². The summed E-state index contributed by atoms with van der Waals surface area (Å²) < 4.78 is 8.73. The molecule has 284 valence electrons. The maximum absolute atomic E-state index is 6.38. The Morgan fingerprint density at radius 2 is 0.902 bits per heavy atom. The summed E-state index contributed by atoms with van der Waals surface area (Å²) in [5.74, 6) is 1.76. The Bertz CT molecular complexity index is 3730. The molecule has 3 nitrogen and oxygen atoms in total. The largest absolute Gasteiger partial charge is 0.453 e. The minimum atomic E-state index is 0.876. The molecule has 0 unspecified atom stereocenters. The summed E-state index contributed by atoms with van der Waals surface area (Å²) in [6.45, 7) is 0. The van der Waals surface area contributed by atoms with Crippen molar-refractivity contribution in [2.45, 2.75) is 0 Å². The maximum atomic E-state index is 6.38. The molecule has 3 heteroatoms. The fourth-order valence-corrected chi connectivity index (χ4v) is 9.87. The molecule has 0 fully saturated rings. The van der Waals surface area contributed by atoms with Crippen LogP contribution < -0.4 is 9.64 Å². The molecule has 0 aliphatic carbocycles. The van der Waals surface area contributed by atoms with E-state index in [1.165, 1.54) is 76.1 Å². The third-order valence-electron chi connectivity index (χ3n) is 12.7. The molecule has 1 aliphatic rings.